The lowest BCUT2D eigenvalue weighted by Crippen LogP contribution is -2.21. The number of aromatic nitrogens is 3. The zero-order chi connectivity index (χ0) is 19.7. The molecule has 0 radical (unpaired) electrons. The number of carbonyl (C=O) groups is 1. The van der Waals surface area contributed by atoms with Gasteiger partial charge in [0.05, 0.1) is 0 Å². The van der Waals surface area contributed by atoms with Crippen molar-refractivity contribution in [1.29, 1.82) is 0 Å². The summed E-state index contributed by atoms with van der Waals surface area (Å²) < 4.78 is 1.73. The summed E-state index contributed by atoms with van der Waals surface area (Å²) in [6.07, 6.45) is 1.85. The first-order valence-electron chi connectivity index (χ1n) is 8.71. The van der Waals surface area contributed by atoms with Crippen LogP contribution < -0.4 is 5.32 Å². The number of nitrogens with zero attached hydrogens (tertiary/aromatic N) is 4. The van der Waals surface area contributed by atoms with Crippen molar-refractivity contribution in [3.05, 3.63) is 77.4 Å². The highest BCUT2D eigenvalue weighted by Gasteiger charge is 2.11. The summed E-state index contributed by atoms with van der Waals surface area (Å²) in [5.74, 6) is 0.443. The Morgan fingerprint density at radius 3 is 2.43 bits per heavy atom. The minimum Gasteiger partial charge on any atom is -0.345 e. The van der Waals surface area contributed by atoms with Gasteiger partial charge in [-0.25, -0.2) is 4.52 Å². The van der Waals surface area contributed by atoms with Crippen LogP contribution in [0.1, 0.15) is 10.4 Å². The molecule has 0 aliphatic carbocycles. The Kier molecular flexibility index (Phi) is 4.71. The molecule has 0 bridgehead atoms. The number of fused-ring (bicyclic) bond motifs is 1. The van der Waals surface area contributed by atoms with Gasteiger partial charge in [-0.1, -0.05) is 23.7 Å². The fourth-order valence-corrected chi connectivity index (χ4v) is 3.02. The molecule has 6 nitrogen and oxygen atoms in total. The molecule has 0 spiro atoms. The number of hydrogen-bond acceptors (Lipinski definition) is 4. The third kappa shape index (κ3) is 3.54. The van der Waals surface area contributed by atoms with Crippen LogP contribution in [0.3, 0.4) is 0 Å². The van der Waals surface area contributed by atoms with Gasteiger partial charge >= 0.3 is 0 Å². The first-order valence-corrected chi connectivity index (χ1v) is 9.09. The number of carbonyl (C=O) groups excluding carboxylic acids is 1. The van der Waals surface area contributed by atoms with Crippen molar-refractivity contribution in [2.75, 3.05) is 19.4 Å². The van der Waals surface area contributed by atoms with E-state index in [4.69, 9.17) is 11.6 Å². The molecule has 2 aromatic heterocycles. The SMILES string of the molecule is CN(C)C(=O)c1ccc(Nc2nc3c(-c4ccc(Cl)cc4)cccn3n2)cc1. The van der Waals surface area contributed by atoms with Gasteiger partial charge in [0.1, 0.15) is 0 Å². The lowest BCUT2D eigenvalue weighted by Gasteiger charge is -2.10. The molecule has 4 rings (SSSR count). The molecular formula is C21H18ClN5O. The third-order valence-corrected chi connectivity index (χ3v) is 4.56. The summed E-state index contributed by atoms with van der Waals surface area (Å²) in [4.78, 5) is 18.2. The van der Waals surface area contributed by atoms with Gasteiger partial charge in [-0.05, 0) is 54.1 Å². The van der Waals surface area contributed by atoms with Crippen LogP contribution in [0.5, 0.6) is 0 Å². The molecule has 2 heterocycles. The zero-order valence-electron chi connectivity index (χ0n) is 15.4. The van der Waals surface area contributed by atoms with E-state index in [1.165, 1.54) is 0 Å². The van der Waals surface area contributed by atoms with E-state index in [1.54, 1.807) is 35.6 Å². The van der Waals surface area contributed by atoms with E-state index in [1.807, 2.05) is 54.7 Å². The lowest BCUT2D eigenvalue weighted by atomic mass is 10.1. The number of nitrogens with one attached hydrogen (secondary N) is 1. The van der Waals surface area contributed by atoms with Crippen LogP contribution in [0.4, 0.5) is 11.6 Å². The highest BCUT2D eigenvalue weighted by molar-refractivity contribution is 6.30. The van der Waals surface area contributed by atoms with Gasteiger partial charge in [0, 0.05) is 42.1 Å². The monoisotopic (exact) mass is 391 g/mol. The molecule has 0 aliphatic heterocycles. The number of anilines is 2. The number of rotatable bonds is 4. The highest BCUT2D eigenvalue weighted by atomic mass is 35.5. The van der Waals surface area contributed by atoms with Crippen molar-refractivity contribution < 1.29 is 4.79 Å². The van der Waals surface area contributed by atoms with Gasteiger partial charge in [0.25, 0.3) is 5.91 Å². The molecule has 0 saturated heterocycles. The number of hydrogen-bond donors (Lipinski definition) is 1. The maximum atomic E-state index is 12.0. The van der Waals surface area contributed by atoms with E-state index < -0.39 is 0 Å². The predicted molar refractivity (Wildman–Crippen MR) is 111 cm³/mol. The second-order valence-electron chi connectivity index (χ2n) is 6.53. The molecule has 0 fully saturated rings. The number of pyridine rings is 1. The molecule has 140 valence electrons. The van der Waals surface area contributed by atoms with Crippen molar-refractivity contribution >= 4 is 34.8 Å². The largest absolute Gasteiger partial charge is 0.345 e. The van der Waals surface area contributed by atoms with Gasteiger partial charge in [0.2, 0.25) is 5.95 Å². The van der Waals surface area contributed by atoms with E-state index in [-0.39, 0.29) is 5.91 Å². The van der Waals surface area contributed by atoms with E-state index in [0.717, 1.165) is 22.5 Å². The smallest absolute Gasteiger partial charge is 0.253 e. The Morgan fingerprint density at radius 1 is 1.04 bits per heavy atom. The van der Waals surface area contributed by atoms with Gasteiger partial charge in [-0.3, -0.25) is 4.79 Å². The van der Waals surface area contributed by atoms with Crippen molar-refractivity contribution in [1.82, 2.24) is 19.5 Å². The normalized spacial score (nSPS) is 10.8. The second kappa shape index (κ2) is 7.32. The molecule has 0 saturated carbocycles. The van der Waals surface area contributed by atoms with Crippen LogP contribution in [0.2, 0.25) is 5.02 Å². The Hall–Kier alpha value is -3.38. The fraction of sp³-hybridized carbons (Fsp3) is 0.0952. The molecule has 1 amide bonds. The molecule has 7 heteroatoms. The minimum absolute atomic E-state index is 0.0370. The summed E-state index contributed by atoms with van der Waals surface area (Å²) in [5.41, 5.74) is 4.15. The summed E-state index contributed by atoms with van der Waals surface area (Å²) in [6.45, 7) is 0. The van der Waals surface area contributed by atoms with E-state index in [0.29, 0.717) is 16.5 Å². The van der Waals surface area contributed by atoms with E-state index in [9.17, 15) is 4.79 Å². The van der Waals surface area contributed by atoms with Gasteiger partial charge in [-0.2, -0.15) is 4.98 Å². The highest BCUT2D eigenvalue weighted by Crippen LogP contribution is 2.26. The number of halogens is 1. The van der Waals surface area contributed by atoms with Crippen LogP contribution in [0.25, 0.3) is 16.8 Å². The summed E-state index contributed by atoms with van der Waals surface area (Å²) in [6, 6.07) is 18.8. The zero-order valence-corrected chi connectivity index (χ0v) is 16.2. The third-order valence-electron chi connectivity index (χ3n) is 4.31. The molecule has 0 aliphatic rings. The number of amides is 1. The van der Waals surface area contributed by atoms with E-state index in [2.05, 4.69) is 15.4 Å². The van der Waals surface area contributed by atoms with Crippen LogP contribution in [-0.2, 0) is 0 Å². The molecule has 0 atom stereocenters. The fourth-order valence-electron chi connectivity index (χ4n) is 2.90. The summed E-state index contributed by atoms with van der Waals surface area (Å²) in [5, 5.41) is 8.37. The average molecular weight is 392 g/mol. The Bertz CT molecular complexity index is 1130. The quantitative estimate of drug-likeness (QED) is 0.556. The van der Waals surface area contributed by atoms with Crippen LogP contribution in [0, 0.1) is 0 Å². The maximum absolute atomic E-state index is 12.0. The standard InChI is InChI=1S/C21H18ClN5O/c1-26(2)20(28)15-7-11-17(12-8-15)23-21-24-19-18(4-3-13-27(19)25-21)14-5-9-16(22)10-6-14/h3-13H,1-2H3,(H,23,25). The second-order valence-corrected chi connectivity index (χ2v) is 6.97. The minimum atomic E-state index is -0.0370. The molecule has 28 heavy (non-hydrogen) atoms. The van der Waals surface area contributed by atoms with Crippen LogP contribution >= 0.6 is 11.6 Å². The molecular weight excluding hydrogens is 374 g/mol. The average Bonchev–Trinajstić information content (AvgIpc) is 3.11. The Morgan fingerprint density at radius 2 is 1.75 bits per heavy atom. The van der Waals surface area contributed by atoms with Crippen molar-refractivity contribution in [3.8, 4) is 11.1 Å². The Balaban J connectivity index is 1.63. The van der Waals surface area contributed by atoms with Crippen LogP contribution in [-0.4, -0.2) is 39.5 Å². The summed E-state index contributed by atoms with van der Waals surface area (Å²) in [7, 11) is 3.46. The molecule has 1 N–H and O–H groups in total. The summed E-state index contributed by atoms with van der Waals surface area (Å²) >= 11 is 5.99. The molecule has 4 aromatic rings. The van der Waals surface area contributed by atoms with Crippen molar-refractivity contribution in [2.24, 2.45) is 0 Å². The molecule has 2 aromatic carbocycles. The maximum Gasteiger partial charge on any atom is 0.253 e. The van der Waals surface area contributed by atoms with Gasteiger partial charge in [-0.15, -0.1) is 5.10 Å². The first-order chi connectivity index (χ1) is 13.5. The van der Waals surface area contributed by atoms with Gasteiger partial charge in [0.15, 0.2) is 5.65 Å². The Labute approximate surface area is 167 Å². The van der Waals surface area contributed by atoms with Gasteiger partial charge < -0.3 is 10.2 Å². The molecule has 0 unspecified atom stereocenters. The van der Waals surface area contributed by atoms with Crippen molar-refractivity contribution in [2.45, 2.75) is 0 Å². The lowest BCUT2D eigenvalue weighted by molar-refractivity contribution is 0.0827. The van der Waals surface area contributed by atoms with Crippen LogP contribution in [0.15, 0.2) is 66.9 Å². The topological polar surface area (TPSA) is 62.5 Å². The number of benzene rings is 2. The first kappa shape index (κ1) is 18.0. The van der Waals surface area contributed by atoms with E-state index >= 15 is 0 Å². The predicted octanol–water partition coefficient (Wildman–Crippen LogP) is 4.50. The van der Waals surface area contributed by atoms with Crippen molar-refractivity contribution in [3.63, 3.8) is 0 Å².